The lowest BCUT2D eigenvalue weighted by molar-refractivity contribution is -0.137. The molecule has 124 valence electrons. The number of aromatic nitrogens is 2. The number of carbonyl (C=O) groups excluding carboxylic acids is 1. The third-order valence-electron chi connectivity index (χ3n) is 3.44. The Morgan fingerprint density at radius 2 is 2.00 bits per heavy atom. The Kier molecular flexibility index (Phi) is 4.31. The van der Waals surface area contributed by atoms with Crippen LogP contribution in [0.25, 0.3) is 10.9 Å². The van der Waals surface area contributed by atoms with Crippen molar-refractivity contribution in [2.45, 2.75) is 11.0 Å². The van der Waals surface area contributed by atoms with Gasteiger partial charge in [0.15, 0.2) is 0 Å². The minimum absolute atomic E-state index is 0.228. The Hall–Kier alpha value is -2.35. The monoisotopic (exact) mass is 397 g/mol. The number of benzene rings is 2. The van der Waals surface area contributed by atoms with Gasteiger partial charge in [-0.15, -0.1) is 0 Å². The maximum atomic E-state index is 12.8. The first-order valence-electron chi connectivity index (χ1n) is 6.90. The second-order valence-electron chi connectivity index (χ2n) is 5.15. The number of H-pyrrole nitrogens is 1. The number of anilines is 1. The molecule has 24 heavy (non-hydrogen) atoms. The summed E-state index contributed by atoms with van der Waals surface area (Å²) in [5, 5.41) is 10.2. The molecule has 0 fully saturated rings. The first-order valence-corrected chi connectivity index (χ1v) is 7.81. The van der Waals surface area contributed by atoms with Crippen molar-refractivity contribution in [3.05, 3.63) is 59.8 Å². The molecule has 1 aromatic heterocycles. The lowest BCUT2D eigenvalue weighted by Crippen LogP contribution is -2.17. The fraction of sp³-hybridized carbons (Fsp3) is 0.125. The standard InChI is InChI=1S/C16H11BrF3N3O/c17-14(9-2-1-3-11(6-9)16(18,19)20)15(24)22-12-4-5-13-10(7-12)8-21-23-13/h1-8,14H,(H,21,23)(H,22,24). The number of alkyl halides is 4. The lowest BCUT2D eigenvalue weighted by Gasteiger charge is -2.13. The zero-order valence-corrected chi connectivity index (χ0v) is 13.6. The molecule has 0 saturated carbocycles. The van der Waals surface area contributed by atoms with Crippen LogP contribution in [0.5, 0.6) is 0 Å². The highest BCUT2D eigenvalue weighted by Crippen LogP contribution is 2.33. The highest BCUT2D eigenvalue weighted by Gasteiger charge is 2.31. The van der Waals surface area contributed by atoms with Crippen molar-refractivity contribution in [2.75, 3.05) is 5.32 Å². The van der Waals surface area contributed by atoms with Crippen molar-refractivity contribution in [1.82, 2.24) is 10.2 Å². The number of amides is 1. The summed E-state index contributed by atoms with van der Waals surface area (Å²) in [5.74, 6) is -0.461. The molecule has 0 aliphatic rings. The lowest BCUT2D eigenvalue weighted by atomic mass is 10.1. The fourth-order valence-electron chi connectivity index (χ4n) is 2.25. The van der Waals surface area contributed by atoms with E-state index in [9.17, 15) is 18.0 Å². The predicted octanol–water partition coefficient (Wildman–Crippen LogP) is 4.66. The Balaban J connectivity index is 1.79. The molecule has 3 rings (SSSR count). The van der Waals surface area contributed by atoms with Gasteiger partial charge in [-0.2, -0.15) is 18.3 Å². The molecule has 0 radical (unpaired) electrons. The number of hydrogen-bond acceptors (Lipinski definition) is 2. The van der Waals surface area contributed by atoms with Crippen molar-refractivity contribution in [3.63, 3.8) is 0 Å². The van der Waals surface area contributed by atoms with E-state index in [-0.39, 0.29) is 5.56 Å². The molecule has 0 aliphatic carbocycles. The van der Waals surface area contributed by atoms with Crippen molar-refractivity contribution >= 4 is 38.4 Å². The quantitative estimate of drug-likeness (QED) is 0.631. The predicted molar refractivity (Wildman–Crippen MR) is 87.8 cm³/mol. The maximum absolute atomic E-state index is 12.8. The zero-order chi connectivity index (χ0) is 17.3. The molecule has 8 heteroatoms. The van der Waals surface area contributed by atoms with Gasteiger partial charge in [-0.05, 0) is 29.8 Å². The molecule has 0 saturated heterocycles. The molecule has 0 aliphatic heterocycles. The molecular formula is C16H11BrF3N3O. The molecule has 3 aromatic rings. The van der Waals surface area contributed by atoms with Crippen LogP contribution in [0.3, 0.4) is 0 Å². The van der Waals surface area contributed by atoms with E-state index in [4.69, 9.17) is 0 Å². The molecule has 0 spiro atoms. The number of fused-ring (bicyclic) bond motifs is 1. The summed E-state index contributed by atoms with van der Waals surface area (Å²) in [6, 6.07) is 9.83. The highest BCUT2D eigenvalue weighted by atomic mass is 79.9. The molecule has 1 heterocycles. The second kappa shape index (κ2) is 6.27. The molecule has 1 amide bonds. The minimum atomic E-state index is -4.45. The summed E-state index contributed by atoms with van der Waals surface area (Å²) in [5.41, 5.74) is 0.787. The maximum Gasteiger partial charge on any atom is 0.416 e. The van der Waals surface area contributed by atoms with Crippen molar-refractivity contribution < 1.29 is 18.0 Å². The van der Waals surface area contributed by atoms with E-state index in [0.29, 0.717) is 5.69 Å². The topological polar surface area (TPSA) is 57.8 Å². The van der Waals surface area contributed by atoms with Gasteiger partial charge in [0.05, 0.1) is 17.3 Å². The third kappa shape index (κ3) is 3.43. The summed E-state index contributed by atoms with van der Waals surface area (Å²) in [7, 11) is 0. The minimum Gasteiger partial charge on any atom is -0.325 e. The molecule has 2 N–H and O–H groups in total. The van der Waals surface area contributed by atoms with Crippen LogP contribution in [-0.4, -0.2) is 16.1 Å². The van der Waals surface area contributed by atoms with Crippen LogP contribution in [0.4, 0.5) is 18.9 Å². The summed E-state index contributed by atoms with van der Waals surface area (Å²) >= 11 is 3.15. The zero-order valence-electron chi connectivity index (χ0n) is 12.1. The average Bonchev–Trinajstić information content (AvgIpc) is 3.01. The molecule has 1 unspecified atom stereocenters. The van der Waals surface area contributed by atoms with Crippen LogP contribution in [0.15, 0.2) is 48.7 Å². The number of halogens is 4. The van der Waals surface area contributed by atoms with Crippen LogP contribution in [-0.2, 0) is 11.0 Å². The van der Waals surface area contributed by atoms with Gasteiger partial charge in [0.1, 0.15) is 4.83 Å². The Morgan fingerprint density at radius 1 is 1.21 bits per heavy atom. The summed E-state index contributed by atoms with van der Waals surface area (Å²) in [6.07, 6.45) is -2.84. The molecule has 2 aromatic carbocycles. The van der Waals surface area contributed by atoms with Gasteiger partial charge in [-0.3, -0.25) is 9.89 Å². The van der Waals surface area contributed by atoms with Crippen LogP contribution >= 0.6 is 15.9 Å². The smallest absolute Gasteiger partial charge is 0.325 e. The Morgan fingerprint density at radius 3 is 2.75 bits per heavy atom. The fourth-order valence-corrected chi connectivity index (χ4v) is 2.65. The number of nitrogens with one attached hydrogen (secondary N) is 2. The van der Waals surface area contributed by atoms with E-state index in [2.05, 4.69) is 31.4 Å². The van der Waals surface area contributed by atoms with E-state index in [1.165, 1.54) is 12.1 Å². The van der Waals surface area contributed by atoms with Gasteiger partial charge in [-0.25, -0.2) is 0 Å². The summed E-state index contributed by atoms with van der Waals surface area (Å²) in [6.45, 7) is 0. The van der Waals surface area contributed by atoms with Crippen LogP contribution in [0.1, 0.15) is 16.0 Å². The number of aromatic amines is 1. The number of carbonyl (C=O) groups is 1. The van der Waals surface area contributed by atoms with E-state index < -0.39 is 22.5 Å². The normalized spacial score (nSPS) is 13.0. The van der Waals surface area contributed by atoms with E-state index in [0.717, 1.165) is 23.0 Å². The molecule has 4 nitrogen and oxygen atoms in total. The Bertz CT molecular complexity index is 891. The average molecular weight is 398 g/mol. The number of rotatable bonds is 3. The molecule has 1 atom stereocenters. The SMILES string of the molecule is O=C(Nc1ccc2[nH]ncc2c1)C(Br)c1cccc(C(F)(F)F)c1. The van der Waals surface area contributed by atoms with Gasteiger partial charge in [0.2, 0.25) is 5.91 Å². The van der Waals surface area contributed by atoms with Crippen molar-refractivity contribution in [1.29, 1.82) is 0 Å². The third-order valence-corrected chi connectivity index (χ3v) is 4.39. The van der Waals surface area contributed by atoms with Crippen molar-refractivity contribution in [3.8, 4) is 0 Å². The van der Waals surface area contributed by atoms with Crippen molar-refractivity contribution in [2.24, 2.45) is 0 Å². The van der Waals surface area contributed by atoms with Crippen LogP contribution < -0.4 is 5.32 Å². The van der Waals surface area contributed by atoms with E-state index >= 15 is 0 Å². The van der Waals surface area contributed by atoms with Gasteiger partial charge in [-0.1, -0.05) is 34.1 Å². The first-order chi connectivity index (χ1) is 11.3. The van der Waals surface area contributed by atoms with Gasteiger partial charge in [0.25, 0.3) is 0 Å². The summed E-state index contributed by atoms with van der Waals surface area (Å²) < 4.78 is 38.3. The van der Waals surface area contributed by atoms with Gasteiger partial charge >= 0.3 is 6.18 Å². The first kappa shape index (κ1) is 16.5. The Labute approximate surface area is 143 Å². The largest absolute Gasteiger partial charge is 0.416 e. The molecular weight excluding hydrogens is 387 g/mol. The number of nitrogens with zero attached hydrogens (tertiary/aromatic N) is 1. The summed E-state index contributed by atoms with van der Waals surface area (Å²) in [4.78, 5) is 11.4. The van der Waals surface area contributed by atoms with Crippen LogP contribution in [0, 0.1) is 0 Å². The van der Waals surface area contributed by atoms with Crippen LogP contribution in [0.2, 0.25) is 0 Å². The van der Waals surface area contributed by atoms with E-state index in [1.54, 1.807) is 24.4 Å². The highest BCUT2D eigenvalue weighted by molar-refractivity contribution is 9.09. The van der Waals surface area contributed by atoms with E-state index in [1.807, 2.05) is 0 Å². The number of hydrogen-bond donors (Lipinski definition) is 2. The van der Waals surface area contributed by atoms with Gasteiger partial charge < -0.3 is 5.32 Å². The van der Waals surface area contributed by atoms with Gasteiger partial charge in [0, 0.05) is 11.1 Å². The molecule has 0 bridgehead atoms. The second-order valence-corrected chi connectivity index (χ2v) is 6.06.